The molecule has 0 aliphatic rings. The molecular weight excluding hydrogens is 364 g/mol. The molecule has 0 bridgehead atoms. The van der Waals surface area contributed by atoms with Crippen molar-refractivity contribution in [2.24, 2.45) is 5.84 Å². The number of rotatable bonds is 3. The van der Waals surface area contributed by atoms with Crippen LogP contribution < -0.4 is 11.3 Å². The van der Waals surface area contributed by atoms with Crippen molar-refractivity contribution in [2.75, 3.05) is 5.43 Å². The number of thiophene rings is 2. The molecule has 0 fully saturated rings. The Hall–Kier alpha value is -2.94. The van der Waals surface area contributed by atoms with Crippen molar-refractivity contribution in [1.29, 1.82) is 0 Å². The van der Waals surface area contributed by atoms with Gasteiger partial charge in [0.1, 0.15) is 15.0 Å². The summed E-state index contributed by atoms with van der Waals surface area (Å²) in [5.41, 5.74) is 6.50. The van der Waals surface area contributed by atoms with Crippen LogP contribution >= 0.6 is 22.7 Å². The highest BCUT2D eigenvalue weighted by molar-refractivity contribution is 7.26. The predicted octanol–water partition coefficient (Wildman–Crippen LogP) is 4.32. The number of pyridine rings is 1. The Morgan fingerprint density at radius 2 is 1.88 bits per heavy atom. The van der Waals surface area contributed by atoms with Gasteiger partial charge in [0.2, 0.25) is 0 Å². The van der Waals surface area contributed by atoms with Crippen LogP contribution in [0.4, 0.5) is 5.82 Å². The smallest absolute Gasteiger partial charge is 0.184 e. The van der Waals surface area contributed by atoms with Crippen LogP contribution in [0.1, 0.15) is 0 Å². The fraction of sp³-hybridized carbons (Fsp3) is 0. The number of nitrogens with zero attached hydrogens (tertiary/aromatic N) is 4. The normalized spacial score (nSPS) is 11.3. The van der Waals surface area contributed by atoms with Crippen LogP contribution in [-0.2, 0) is 0 Å². The van der Waals surface area contributed by atoms with E-state index in [1.54, 1.807) is 11.3 Å². The van der Waals surface area contributed by atoms with Crippen molar-refractivity contribution in [3.05, 3.63) is 53.9 Å². The highest BCUT2D eigenvalue weighted by atomic mass is 32.1. The molecule has 1 aromatic carbocycles. The van der Waals surface area contributed by atoms with Crippen molar-refractivity contribution in [3.63, 3.8) is 0 Å². The van der Waals surface area contributed by atoms with E-state index in [1.165, 1.54) is 11.3 Å². The zero-order valence-electron chi connectivity index (χ0n) is 13.4. The molecule has 8 heteroatoms. The number of aromatic nitrogens is 4. The van der Waals surface area contributed by atoms with Gasteiger partial charge in [0.25, 0.3) is 0 Å². The maximum absolute atomic E-state index is 5.60. The molecule has 0 saturated carbocycles. The zero-order chi connectivity index (χ0) is 17.5. The SMILES string of the molecule is NNc1nnnc2c1sc1nc(-c3cccs3)cc(-c3ccccc3)c12. The molecule has 0 spiro atoms. The lowest BCUT2D eigenvalue weighted by molar-refractivity contribution is 0.899. The molecule has 0 aliphatic carbocycles. The largest absolute Gasteiger partial charge is 0.306 e. The molecule has 3 N–H and O–H groups in total. The number of fused-ring (bicyclic) bond motifs is 3. The Morgan fingerprint density at radius 3 is 2.65 bits per heavy atom. The molecule has 4 aromatic heterocycles. The Labute approximate surface area is 156 Å². The van der Waals surface area contributed by atoms with Gasteiger partial charge in [-0.25, -0.2) is 10.8 Å². The molecule has 5 aromatic rings. The summed E-state index contributed by atoms with van der Waals surface area (Å²) in [6, 6.07) is 16.5. The number of nitrogen functional groups attached to an aromatic ring is 1. The third-order valence-electron chi connectivity index (χ3n) is 4.14. The topological polar surface area (TPSA) is 89.6 Å². The second-order valence-electron chi connectivity index (χ2n) is 5.64. The Balaban J connectivity index is 1.92. The van der Waals surface area contributed by atoms with E-state index in [-0.39, 0.29) is 0 Å². The van der Waals surface area contributed by atoms with Gasteiger partial charge < -0.3 is 5.43 Å². The molecule has 0 atom stereocenters. The van der Waals surface area contributed by atoms with E-state index in [9.17, 15) is 0 Å². The summed E-state index contributed by atoms with van der Waals surface area (Å²) >= 11 is 3.19. The lowest BCUT2D eigenvalue weighted by Crippen LogP contribution is -2.09. The fourth-order valence-electron chi connectivity index (χ4n) is 2.99. The number of anilines is 1. The molecule has 0 aliphatic heterocycles. The van der Waals surface area contributed by atoms with Crippen LogP contribution in [0, 0.1) is 0 Å². The van der Waals surface area contributed by atoms with Crippen LogP contribution in [0.3, 0.4) is 0 Å². The summed E-state index contributed by atoms with van der Waals surface area (Å²) in [7, 11) is 0. The monoisotopic (exact) mass is 376 g/mol. The van der Waals surface area contributed by atoms with Crippen molar-refractivity contribution in [3.8, 4) is 21.7 Å². The minimum atomic E-state index is 0.509. The van der Waals surface area contributed by atoms with Gasteiger partial charge in [-0.2, -0.15) is 0 Å². The van der Waals surface area contributed by atoms with Gasteiger partial charge in [-0.05, 0) is 33.9 Å². The van der Waals surface area contributed by atoms with Gasteiger partial charge in [0, 0.05) is 5.39 Å². The molecule has 0 saturated heterocycles. The minimum Gasteiger partial charge on any atom is -0.306 e. The van der Waals surface area contributed by atoms with Crippen LogP contribution in [-0.4, -0.2) is 20.4 Å². The number of nitrogens with one attached hydrogen (secondary N) is 1. The van der Waals surface area contributed by atoms with Gasteiger partial charge in [-0.3, -0.25) is 0 Å². The second kappa shape index (κ2) is 6.10. The maximum Gasteiger partial charge on any atom is 0.184 e. The van der Waals surface area contributed by atoms with Crippen molar-refractivity contribution < 1.29 is 0 Å². The number of hydrazine groups is 1. The van der Waals surface area contributed by atoms with E-state index >= 15 is 0 Å². The highest BCUT2D eigenvalue weighted by Gasteiger charge is 2.19. The first-order valence-corrected chi connectivity index (χ1v) is 9.57. The zero-order valence-corrected chi connectivity index (χ0v) is 15.0. The van der Waals surface area contributed by atoms with Gasteiger partial charge in [0.05, 0.1) is 10.6 Å². The summed E-state index contributed by atoms with van der Waals surface area (Å²) in [6.45, 7) is 0. The molecule has 0 unspecified atom stereocenters. The summed E-state index contributed by atoms with van der Waals surface area (Å²) in [6.07, 6.45) is 0. The fourth-order valence-corrected chi connectivity index (χ4v) is 4.75. The molecule has 0 amide bonds. The standard InChI is InChI=1S/C18H12N6S2/c19-21-17-16-15(22-24-23-17)14-11(10-5-2-1-3-6-10)9-12(20-18(14)26-16)13-7-4-8-25-13/h1-9H,19H2,(H,21,22,23). The first-order valence-electron chi connectivity index (χ1n) is 7.87. The average Bonchev–Trinajstić information content (AvgIpc) is 3.35. The predicted molar refractivity (Wildman–Crippen MR) is 107 cm³/mol. The number of benzene rings is 1. The summed E-state index contributed by atoms with van der Waals surface area (Å²) in [5, 5.41) is 15.1. The van der Waals surface area contributed by atoms with Crippen LogP contribution in [0.5, 0.6) is 0 Å². The van der Waals surface area contributed by atoms with Crippen molar-refractivity contribution >= 4 is 48.9 Å². The van der Waals surface area contributed by atoms with E-state index in [2.05, 4.69) is 50.5 Å². The molecule has 26 heavy (non-hydrogen) atoms. The Bertz CT molecular complexity index is 1220. The summed E-state index contributed by atoms with van der Waals surface area (Å²) in [5.74, 6) is 6.11. The van der Waals surface area contributed by atoms with E-state index in [0.717, 1.165) is 42.1 Å². The van der Waals surface area contributed by atoms with Gasteiger partial charge in [0.15, 0.2) is 5.82 Å². The lowest BCUT2D eigenvalue weighted by Gasteiger charge is -2.07. The summed E-state index contributed by atoms with van der Waals surface area (Å²) in [4.78, 5) is 6.90. The molecule has 0 radical (unpaired) electrons. The Kier molecular flexibility index (Phi) is 3.59. The summed E-state index contributed by atoms with van der Waals surface area (Å²) < 4.78 is 0.852. The number of hydrogen-bond acceptors (Lipinski definition) is 8. The molecule has 4 heterocycles. The Morgan fingerprint density at radius 1 is 1.00 bits per heavy atom. The van der Waals surface area contributed by atoms with E-state index in [1.807, 2.05) is 24.3 Å². The first-order chi connectivity index (χ1) is 12.8. The third kappa shape index (κ3) is 2.35. The van der Waals surface area contributed by atoms with Crippen molar-refractivity contribution in [1.82, 2.24) is 20.4 Å². The molecule has 6 nitrogen and oxygen atoms in total. The minimum absolute atomic E-state index is 0.509. The van der Waals surface area contributed by atoms with Crippen molar-refractivity contribution in [2.45, 2.75) is 0 Å². The molecule has 126 valence electrons. The lowest BCUT2D eigenvalue weighted by atomic mass is 10.0. The third-order valence-corrected chi connectivity index (χ3v) is 6.11. The van der Waals surface area contributed by atoms with E-state index < -0.39 is 0 Å². The van der Waals surface area contributed by atoms with E-state index in [4.69, 9.17) is 10.8 Å². The van der Waals surface area contributed by atoms with Crippen LogP contribution in [0.15, 0.2) is 53.9 Å². The van der Waals surface area contributed by atoms with Crippen LogP contribution in [0.2, 0.25) is 0 Å². The van der Waals surface area contributed by atoms with Crippen LogP contribution in [0.25, 0.3) is 42.1 Å². The molecular formula is C18H12N6S2. The quantitative estimate of drug-likeness (QED) is 0.360. The average molecular weight is 376 g/mol. The van der Waals surface area contributed by atoms with E-state index in [0.29, 0.717) is 5.82 Å². The van der Waals surface area contributed by atoms with Gasteiger partial charge >= 0.3 is 0 Å². The van der Waals surface area contributed by atoms with Gasteiger partial charge in [-0.1, -0.05) is 36.4 Å². The highest BCUT2D eigenvalue weighted by Crippen LogP contribution is 2.41. The first kappa shape index (κ1) is 15.3. The number of nitrogens with two attached hydrogens (primary N) is 1. The second-order valence-corrected chi connectivity index (χ2v) is 7.59. The molecule has 5 rings (SSSR count). The maximum atomic E-state index is 5.60. The van der Waals surface area contributed by atoms with Gasteiger partial charge in [-0.15, -0.1) is 32.9 Å². The number of hydrogen-bond donors (Lipinski definition) is 2.